The number of aromatic nitrogens is 3. The second-order valence-electron chi connectivity index (χ2n) is 6.40. The Hall–Kier alpha value is -2.66. The van der Waals surface area contributed by atoms with E-state index in [1.54, 1.807) is 0 Å². The summed E-state index contributed by atoms with van der Waals surface area (Å²) in [5.41, 5.74) is 2.51. The minimum Gasteiger partial charge on any atom is -0.343 e. The molecule has 0 saturated heterocycles. The lowest BCUT2D eigenvalue weighted by molar-refractivity contribution is 0.629. The maximum Gasteiger partial charge on any atom is 0.200 e. The first-order valence-corrected chi connectivity index (χ1v) is 8.48. The van der Waals surface area contributed by atoms with E-state index in [4.69, 9.17) is 11.6 Å². The molecule has 5 rings (SSSR count). The van der Waals surface area contributed by atoms with Crippen LogP contribution in [0.1, 0.15) is 18.9 Å². The highest BCUT2D eigenvalue weighted by Gasteiger charge is 2.26. The third-order valence-corrected chi connectivity index (χ3v) is 4.95. The first-order valence-electron chi connectivity index (χ1n) is 8.11. The molecule has 2 heterocycles. The zero-order valence-corrected chi connectivity index (χ0v) is 13.8. The molecule has 6 heteroatoms. The Kier molecular flexibility index (Phi) is 3.03. The number of aromatic amines is 1. The van der Waals surface area contributed by atoms with Gasteiger partial charge in [-0.15, -0.1) is 0 Å². The van der Waals surface area contributed by atoms with E-state index in [0.717, 1.165) is 23.9 Å². The van der Waals surface area contributed by atoms with Gasteiger partial charge in [-0.05, 0) is 37.1 Å². The molecule has 1 fully saturated rings. The Labute approximate surface area is 146 Å². The van der Waals surface area contributed by atoms with Gasteiger partial charge in [0.1, 0.15) is 11.6 Å². The summed E-state index contributed by atoms with van der Waals surface area (Å²) >= 11 is 5.94. The maximum atomic E-state index is 14.0. The van der Waals surface area contributed by atoms with Crippen LogP contribution in [0.3, 0.4) is 0 Å². The summed E-state index contributed by atoms with van der Waals surface area (Å²) in [6.45, 7) is 0. The molecule has 1 aliphatic carbocycles. The maximum absolute atomic E-state index is 14.0. The van der Waals surface area contributed by atoms with Crippen LogP contribution in [0.2, 0.25) is 5.02 Å². The van der Waals surface area contributed by atoms with Crippen LogP contribution in [0.5, 0.6) is 0 Å². The van der Waals surface area contributed by atoms with Crippen LogP contribution in [0, 0.1) is 5.82 Å². The van der Waals surface area contributed by atoms with Crippen LogP contribution >= 0.6 is 11.6 Å². The van der Waals surface area contributed by atoms with Gasteiger partial charge < -0.3 is 9.55 Å². The van der Waals surface area contributed by atoms with Crippen LogP contribution in [0.15, 0.2) is 47.4 Å². The van der Waals surface area contributed by atoms with Gasteiger partial charge in [0.25, 0.3) is 0 Å². The number of H-pyrrole nitrogens is 1. The molecular weight excluding hydrogens is 341 g/mol. The number of nitrogens with one attached hydrogen (secondary N) is 1. The third kappa shape index (κ3) is 2.27. The predicted molar refractivity (Wildman–Crippen MR) is 96.5 cm³/mol. The number of fused-ring (bicyclic) bond motifs is 2. The number of rotatable bonds is 2. The summed E-state index contributed by atoms with van der Waals surface area (Å²) in [6, 6.07) is 10.7. The fraction of sp³-hybridized carbons (Fsp3) is 0.158. The van der Waals surface area contributed by atoms with Gasteiger partial charge in [0.05, 0.1) is 27.1 Å². The number of para-hydroxylation sites is 2. The average Bonchev–Trinajstić information content (AvgIpc) is 3.35. The molecule has 1 aliphatic rings. The van der Waals surface area contributed by atoms with Crippen LogP contribution in [-0.2, 0) is 0 Å². The van der Waals surface area contributed by atoms with E-state index in [2.05, 4.69) is 9.97 Å². The van der Waals surface area contributed by atoms with Crippen molar-refractivity contribution in [2.45, 2.75) is 18.9 Å². The van der Waals surface area contributed by atoms with Crippen LogP contribution < -0.4 is 5.43 Å². The number of nitrogens with zero attached hydrogens (tertiary/aromatic N) is 2. The fourth-order valence-electron chi connectivity index (χ4n) is 3.25. The molecule has 0 radical (unpaired) electrons. The van der Waals surface area contributed by atoms with Crippen molar-refractivity contribution in [2.24, 2.45) is 0 Å². The summed E-state index contributed by atoms with van der Waals surface area (Å²) in [4.78, 5) is 20.7. The molecule has 4 nitrogen and oxygen atoms in total. The Bertz CT molecular complexity index is 1170. The van der Waals surface area contributed by atoms with E-state index < -0.39 is 5.82 Å². The minimum absolute atomic E-state index is 0.0257. The first kappa shape index (κ1) is 14.7. The standard InChI is InChI=1S/C19H13ClFN3O/c20-13-8-17-11(7-14(13)21)18(25)12(9-24(17)10-5-6-10)19-22-15-3-1-2-4-16(15)23-19/h1-4,7-10H,5-6H2,(H,22,23). The smallest absolute Gasteiger partial charge is 0.200 e. The lowest BCUT2D eigenvalue weighted by Gasteiger charge is -2.12. The fourth-order valence-corrected chi connectivity index (χ4v) is 3.41. The van der Waals surface area contributed by atoms with Gasteiger partial charge in [0, 0.05) is 17.6 Å². The largest absolute Gasteiger partial charge is 0.343 e. The molecule has 4 aromatic rings. The number of pyridine rings is 1. The topological polar surface area (TPSA) is 50.7 Å². The summed E-state index contributed by atoms with van der Waals surface area (Å²) in [5, 5.41) is 0.351. The van der Waals surface area contributed by atoms with Gasteiger partial charge in [-0.1, -0.05) is 23.7 Å². The van der Waals surface area contributed by atoms with Crippen molar-refractivity contribution in [3.8, 4) is 11.4 Å². The molecule has 0 aliphatic heterocycles. The lowest BCUT2D eigenvalue weighted by atomic mass is 10.1. The molecule has 0 amide bonds. The Morgan fingerprint density at radius 1 is 1.24 bits per heavy atom. The molecule has 2 aromatic heterocycles. The van der Waals surface area contributed by atoms with E-state index in [9.17, 15) is 9.18 Å². The SMILES string of the molecule is O=c1c(-c2nc3ccccc3[nH]2)cn(C2CC2)c2cc(Cl)c(F)cc12. The summed E-state index contributed by atoms with van der Waals surface area (Å²) in [5.74, 6) is -0.0896. The quantitative estimate of drug-likeness (QED) is 0.569. The van der Waals surface area contributed by atoms with Crippen molar-refractivity contribution in [1.82, 2.24) is 14.5 Å². The Morgan fingerprint density at radius 3 is 2.80 bits per heavy atom. The highest BCUT2D eigenvalue weighted by Crippen LogP contribution is 2.38. The van der Waals surface area contributed by atoms with Gasteiger partial charge in [0.2, 0.25) is 0 Å². The van der Waals surface area contributed by atoms with Gasteiger partial charge in [-0.2, -0.15) is 0 Å². The summed E-state index contributed by atoms with van der Waals surface area (Å²) < 4.78 is 16.0. The van der Waals surface area contributed by atoms with Gasteiger partial charge >= 0.3 is 0 Å². The molecule has 2 aromatic carbocycles. The van der Waals surface area contributed by atoms with E-state index in [1.165, 1.54) is 12.1 Å². The van der Waals surface area contributed by atoms with Gasteiger partial charge in [-0.25, -0.2) is 9.37 Å². The second kappa shape index (κ2) is 5.17. The van der Waals surface area contributed by atoms with Crippen molar-refractivity contribution in [2.75, 3.05) is 0 Å². The van der Waals surface area contributed by atoms with Crippen molar-refractivity contribution in [3.05, 3.63) is 63.7 Å². The zero-order chi connectivity index (χ0) is 17.1. The molecule has 0 unspecified atom stereocenters. The molecule has 124 valence electrons. The van der Waals surface area contributed by atoms with Crippen molar-refractivity contribution >= 4 is 33.5 Å². The molecule has 0 bridgehead atoms. The molecule has 0 atom stereocenters. The molecule has 25 heavy (non-hydrogen) atoms. The monoisotopic (exact) mass is 353 g/mol. The van der Waals surface area contributed by atoms with Crippen molar-refractivity contribution < 1.29 is 4.39 Å². The van der Waals surface area contributed by atoms with Crippen LogP contribution in [-0.4, -0.2) is 14.5 Å². The minimum atomic E-state index is -0.588. The Morgan fingerprint density at radius 2 is 2.04 bits per heavy atom. The lowest BCUT2D eigenvalue weighted by Crippen LogP contribution is -2.12. The molecule has 1 N–H and O–H groups in total. The second-order valence-corrected chi connectivity index (χ2v) is 6.80. The predicted octanol–water partition coefficient (Wildman–Crippen LogP) is 4.67. The van der Waals surface area contributed by atoms with E-state index in [-0.39, 0.29) is 10.5 Å². The normalized spacial score (nSPS) is 14.5. The number of benzene rings is 2. The number of hydrogen-bond acceptors (Lipinski definition) is 2. The van der Waals surface area contributed by atoms with Crippen LogP contribution in [0.25, 0.3) is 33.3 Å². The van der Waals surface area contributed by atoms with E-state index in [1.807, 2.05) is 35.0 Å². The van der Waals surface area contributed by atoms with Crippen molar-refractivity contribution in [3.63, 3.8) is 0 Å². The van der Waals surface area contributed by atoms with E-state index in [0.29, 0.717) is 28.3 Å². The molecular formula is C19H13ClFN3O. The van der Waals surface area contributed by atoms with Gasteiger partial charge in [-0.3, -0.25) is 4.79 Å². The highest BCUT2D eigenvalue weighted by atomic mass is 35.5. The summed E-state index contributed by atoms with van der Waals surface area (Å²) in [7, 11) is 0. The molecule has 0 spiro atoms. The highest BCUT2D eigenvalue weighted by molar-refractivity contribution is 6.31. The van der Waals surface area contributed by atoms with E-state index >= 15 is 0 Å². The first-order chi connectivity index (χ1) is 12.1. The number of hydrogen-bond donors (Lipinski definition) is 1. The van der Waals surface area contributed by atoms with Gasteiger partial charge in [0.15, 0.2) is 5.43 Å². The third-order valence-electron chi connectivity index (χ3n) is 4.66. The Balaban J connectivity index is 1.85. The number of halogens is 2. The van der Waals surface area contributed by atoms with Crippen molar-refractivity contribution in [1.29, 1.82) is 0 Å². The average molecular weight is 354 g/mol. The number of imidazole rings is 1. The molecule has 1 saturated carbocycles. The zero-order valence-electron chi connectivity index (χ0n) is 13.1. The van der Waals surface area contributed by atoms with Crippen LogP contribution in [0.4, 0.5) is 4.39 Å². The summed E-state index contributed by atoms with van der Waals surface area (Å²) in [6.07, 6.45) is 3.88.